The minimum Gasteiger partial charge on any atom is -0.452 e. The van der Waals surface area contributed by atoms with Gasteiger partial charge in [-0.25, -0.2) is 9.59 Å². The number of methoxy groups -OCH3 is 1. The van der Waals surface area contributed by atoms with Crippen LogP contribution in [-0.2, 0) is 19.1 Å². The Morgan fingerprint density at radius 2 is 1.77 bits per heavy atom. The number of carbonyl (C=O) groups excluding carboxylic acids is 4. The maximum Gasteiger partial charge on any atom is 0.405 e. The van der Waals surface area contributed by atoms with Crippen molar-refractivity contribution in [3.8, 4) is 0 Å². The first-order valence-corrected chi connectivity index (χ1v) is 9.40. The molecule has 166 valence electrons. The number of nitrogens with one attached hydrogen (secondary N) is 3. The smallest absolute Gasteiger partial charge is 0.405 e. The van der Waals surface area contributed by atoms with Crippen LogP contribution in [0.15, 0.2) is 29.2 Å². The highest BCUT2D eigenvalue weighted by Crippen LogP contribution is 2.23. The van der Waals surface area contributed by atoms with Crippen LogP contribution in [0.25, 0.3) is 0 Å². The number of benzene rings is 1. The number of rotatable bonds is 10. The van der Waals surface area contributed by atoms with Crippen molar-refractivity contribution in [3.63, 3.8) is 0 Å². The Labute approximate surface area is 174 Å². The van der Waals surface area contributed by atoms with E-state index in [2.05, 4.69) is 5.32 Å². The normalized spacial score (nSPS) is 10.8. The maximum absolute atomic E-state index is 12.2. The molecule has 0 bridgehead atoms. The molecule has 9 nitrogen and oxygen atoms in total. The lowest BCUT2D eigenvalue weighted by Crippen LogP contribution is -2.44. The van der Waals surface area contributed by atoms with Crippen molar-refractivity contribution in [3.05, 3.63) is 29.8 Å². The van der Waals surface area contributed by atoms with E-state index in [0.29, 0.717) is 18.0 Å². The van der Waals surface area contributed by atoms with Crippen molar-refractivity contribution in [2.75, 3.05) is 39.2 Å². The highest BCUT2D eigenvalue weighted by atomic mass is 32.2. The molecule has 0 saturated carbocycles. The summed E-state index contributed by atoms with van der Waals surface area (Å²) in [5.74, 6) is -2.26. The fourth-order valence-electron chi connectivity index (χ4n) is 1.84. The SMILES string of the molecule is COCCNC(=O)CSc1ccccc1C(=O)OCC(=O)NC(=O)NCC(F)(F)F. The van der Waals surface area contributed by atoms with Gasteiger partial charge in [0.2, 0.25) is 5.91 Å². The van der Waals surface area contributed by atoms with E-state index in [1.165, 1.54) is 18.5 Å². The number of amides is 4. The van der Waals surface area contributed by atoms with Crippen LogP contribution >= 0.6 is 11.8 Å². The summed E-state index contributed by atoms with van der Waals surface area (Å²) in [6.45, 7) is -1.80. The molecule has 0 aliphatic rings. The van der Waals surface area contributed by atoms with Crippen molar-refractivity contribution in [1.29, 1.82) is 0 Å². The molecule has 1 aromatic rings. The Bertz CT molecular complexity index is 760. The van der Waals surface area contributed by atoms with Gasteiger partial charge in [-0.2, -0.15) is 13.2 Å². The Morgan fingerprint density at radius 1 is 1.07 bits per heavy atom. The van der Waals surface area contributed by atoms with Crippen LogP contribution < -0.4 is 16.0 Å². The zero-order valence-corrected chi connectivity index (χ0v) is 16.7. The van der Waals surface area contributed by atoms with E-state index in [1.54, 1.807) is 23.5 Å². The van der Waals surface area contributed by atoms with Gasteiger partial charge < -0.3 is 20.1 Å². The van der Waals surface area contributed by atoms with Crippen LogP contribution in [-0.4, -0.2) is 69.2 Å². The van der Waals surface area contributed by atoms with Crippen LogP contribution in [0.3, 0.4) is 0 Å². The van der Waals surface area contributed by atoms with Gasteiger partial charge in [0, 0.05) is 18.6 Å². The van der Waals surface area contributed by atoms with E-state index in [-0.39, 0.29) is 17.2 Å². The maximum atomic E-state index is 12.2. The third kappa shape index (κ3) is 10.7. The fraction of sp³-hybridized carbons (Fsp3) is 0.412. The van der Waals surface area contributed by atoms with Gasteiger partial charge in [0.15, 0.2) is 6.61 Å². The fourth-order valence-corrected chi connectivity index (χ4v) is 2.71. The summed E-state index contributed by atoms with van der Waals surface area (Å²) >= 11 is 1.07. The Kier molecular flexibility index (Phi) is 10.7. The molecule has 30 heavy (non-hydrogen) atoms. The molecule has 1 aromatic carbocycles. The lowest BCUT2D eigenvalue weighted by atomic mass is 10.2. The second-order valence-corrected chi connectivity index (χ2v) is 6.57. The number of esters is 1. The van der Waals surface area contributed by atoms with E-state index in [9.17, 15) is 32.3 Å². The molecule has 0 unspecified atom stereocenters. The van der Waals surface area contributed by atoms with Gasteiger partial charge in [0.1, 0.15) is 6.54 Å². The van der Waals surface area contributed by atoms with Crippen LogP contribution in [0.2, 0.25) is 0 Å². The minimum atomic E-state index is -4.63. The number of imide groups is 1. The van der Waals surface area contributed by atoms with E-state index in [0.717, 1.165) is 11.8 Å². The van der Waals surface area contributed by atoms with Gasteiger partial charge in [-0.15, -0.1) is 11.8 Å². The second kappa shape index (κ2) is 12.7. The zero-order valence-electron chi connectivity index (χ0n) is 15.8. The number of hydrogen-bond acceptors (Lipinski definition) is 7. The molecule has 13 heteroatoms. The molecule has 0 atom stereocenters. The number of halogens is 3. The van der Waals surface area contributed by atoms with Crippen molar-refractivity contribution >= 4 is 35.6 Å². The van der Waals surface area contributed by atoms with E-state index < -0.39 is 37.2 Å². The summed E-state index contributed by atoms with van der Waals surface area (Å²) in [7, 11) is 1.50. The summed E-state index contributed by atoms with van der Waals surface area (Å²) < 4.78 is 45.6. The largest absolute Gasteiger partial charge is 0.452 e. The molecule has 0 aromatic heterocycles. The molecule has 0 radical (unpaired) electrons. The Balaban J connectivity index is 2.51. The summed E-state index contributed by atoms with van der Waals surface area (Å²) in [6, 6.07) is 4.81. The molecule has 4 amide bonds. The van der Waals surface area contributed by atoms with Gasteiger partial charge >= 0.3 is 18.2 Å². The Hall–Kier alpha value is -2.80. The van der Waals surface area contributed by atoms with Crippen molar-refractivity contribution in [1.82, 2.24) is 16.0 Å². The number of ether oxygens (including phenoxy) is 2. The quantitative estimate of drug-likeness (QED) is 0.276. The molecule has 0 heterocycles. The first-order chi connectivity index (χ1) is 14.1. The van der Waals surface area contributed by atoms with Gasteiger partial charge in [0.05, 0.1) is 17.9 Å². The average Bonchev–Trinajstić information content (AvgIpc) is 2.69. The summed E-state index contributed by atoms with van der Waals surface area (Å²) in [4.78, 5) is 47.1. The van der Waals surface area contributed by atoms with E-state index in [1.807, 2.05) is 0 Å². The van der Waals surface area contributed by atoms with E-state index in [4.69, 9.17) is 9.47 Å². The van der Waals surface area contributed by atoms with Crippen molar-refractivity contribution in [2.45, 2.75) is 11.1 Å². The first-order valence-electron chi connectivity index (χ1n) is 8.41. The van der Waals surface area contributed by atoms with Gasteiger partial charge in [-0.05, 0) is 12.1 Å². The number of urea groups is 1. The van der Waals surface area contributed by atoms with Gasteiger partial charge in [0.25, 0.3) is 5.91 Å². The predicted molar refractivity (Wildman–Crippen MR) is 99.9 cm³/mol. The molecular weight excluding hydrogens is 431 g/mol. The molecule has 0 spiro atoms. The van der Waals surface area contributed by atoms with Gasteiger partial charge in [-0.3, -0.25) is 14.9 Å². The average molecular weight is 451 g/mol. The molecule has 0 saturated heterocycles. The number of alkyl halides is 3. The second-order valence-electron chi connectivity index (χ2n) is 5.55. The highest BCUT2D eigenvalue weighted by Gasteiger charge is 2.28. The monoisotopic (exact) mass is 451 g/mol. The predicted octanol–water partition coefficient (Wildman–Crippen LogP) is 1.09. The number of thioether (sulfide) groups is 1. The van der Waals surface area contributed by atoms with Crippen LogP contribution in [0.5, 0.6) is 0 Å². The third-order valence-corrected chi connectivity index (χ3v) is 4.20. The minimum absolute atomic E-state index is 0.0217. The third-order valence-electron chi connectivity index (χ3n) is 3.13. The lowest BCUT2D eigenvalue weighted by molar-refractivity contribution is -0.125. The van der Waals surface area contributed by atoms with E-state index >= 15 is 0 Å². The first kappa shape index (κ1) is 25.2. The van der Waals surface area contributed by atoms with Crippen LogP contribution in [0.4, 0.5) is 18.0 Å². The molecule has 1 rings (SSSR count). The highest BCUT2D eigenvalue weighted by molar-refractivity contribution is 8.00. The molecule has 3 N–H and O–H groups in total. The molecule has 0 fully saturated rings. The summed E-state index contributed by atoms with van der Waals surface area (Å²) in [6.07, 6.45) is -4.63. The number of carbonyl (C=O) groups is 4. The van der Waals surface area contributed by atoms with Gasteiger partial charge in [-0.1, -0.05) is 12.1 Å². The standard InChI is InChI=1S/C17H20F3N3O6S/c1-28-7-6-21-14(25)9-30-12-5-3-2-4-11(12)15(26)29-8-13(24)23-16(27)22-10-17(18,19)20/h2-5H,6-10H2,1H3,(H,21,25)(H2,22,23,24,27). The lowest BCUT2D eigenvalue weighted by Gasteiger charge is -2.11. The van der Waals surface area contributed by atoms with Crippen molar-refractivity contribution < 1.29 is 41.8 Å². The topological polar surface area (TPSA) is 123 Å². The zero-order chi connectivity index (χ0) is 22.6. The molecular formula is C17H20F3N3O6S. The summed E-state index contributed by atoms with van der Waals surface area (Å²) in [5, 5.41) is 5.66. The van der Waals surface area contributed by atoms with Crippen LogP contribution in [0, 0.1) is 0 Å². The summed E-state index contributed by atoms with van der Waals surface area (Å²) in [5.41, 5.74) is 0.0847. The van der Waals surface area contributed by atoms with Crippen LogP contribution in [0.1, 0.15) is 10.4 Å². The molecule has 0 aliphatic carbocycles. The van der Waals surface area contributed by atoms with Crippen molar-refractivity contribution in [2.24, 2.45) is 0 Å². The Morgan fingerprint density at radius 3 is 2.43 bits per heavy atom. The molecule has 0 aliphatic heterocycles. The number of hydrogen-bond donors (Lipinski definition) is 3.